The van der Waals surface area contributed by atoms with E-state index >= 15 is 0 Å². The first kappa shape index (κ1) is 26.5. The molecule has 0 saturated heterocycles. The summed E-state index contributed by atoms with van der Waals surface area (Å²) < 4.78 is 19.3. The summed E-state index contributed by atoms with van der Waals surface area (Å²) in [7, 11) is 4.66. The molecule has 8 nitrogen and oxygen atoms in total. The van der Waals surface area contributed by atoms with Crippen LogP contribution in [0.15, 0.2) is 41.2 Å². The van der Waals surface area contributed by atoms with Gasteiger partial charge in [-0.25, -0.2) is 0 Å². The van der Waals surface area contributed by atoms with E-state index in [1.807, 2.05) is 24.3 Å². The Kier molecular flexibility index (Phi) is 8.35. The number of ether oxygens (including phenoxy) is 3. The molecule has 1 N–H and O–H groups in total. The summed E-state index contributed by atoms with van der Waals surface area (Å²) in [5.74, 6) is 1.29. The number of aromatic nitrogens is 1. The fourth-order valence-corrected chi connectivity index (χ4v) is 5.76. The van der Waals surface area contributed by atoms with Gasteiger partial charge in [-0.2, -0.15) is 0 Å². The normalized spacial score (nSPS) is 14.6. The minimum atomic E-state index is -0.195. The lowest BCUT2D eigenvalue weighted by Gasteiger charge is -2.17. The number of methoxy groups -OCH3 is 3. The van der Waals surface area contributed by atoms with Gasteiger partial charge >= 0.3 is 0 Å². The van der Waals surface area contributed by atoms with E-state index in [9.17, 15) is 9.59 Å². The van der Waals surface area contributed by atoms with Gasteiger partial charge in [0.2, 0.25) is 5.75 Å². The first-order chi connectivity index (χ1) is 17.9. The molecular formula is C28H33N3O5S. The summed E-state index contributed by atoms with van der Waals surface area (Å²) in [6, 6.07) is 11.2. The average Bonchev–Trinajstić information content (AvgIpc) is 3.40. The monoisotopic (exact) mass is 523 g/mol. The van der Waals surface area contributed by atoms with Gasteiger partial charge in [0.05, 0.1) is 31.4 Å². The molecule has 196 valence electrons. The van der Waals surface area contributed by atoms with Crippen LogP contribution in [0, 0.1) is 0 Å². The zero-order chi connectivity index (χ0) is 26.5. The second kappa shape index (κ2) is 11.7. The molecule has 0 radical (unpaired) electrons. The van der Waals surface area contributed by atoms with Gasteiger partial charge in [0, 0.05) is 17.8 Å². The number of fused-ring (bicyclic) bond motifs is 1. The van der Waals surface area contributed by atoms with E-state index in [-0.39, 0.29) is 11.5 Å². The molecule has 2 aromatic carbocycles. The number of hydrogen-bond acceptors (Lipinski definition) is 7. The number of carbonyl (C=O) groups excluding carboxylic acids is 1. The van der Waals surface area contributed by atoms with Crippen molar-refractivity contribution >= 4 is 34.6 Å². The molecule has 0 aliphatic carbocycles. The Hall–Kier alpha value is -3.56. The van der Waals surface area contributed by atoms with Gasteiger partial charge < -0.3 is 24.4 Å². The van der Waals surface area contributed by atoms with E-state index in [0.717, 1.165) is 42.9 Å². The number of amides is 1. The molecule has 1 aliphatic heterocycles. The van der Waals surface area contributed by atoms with Crippen LogP contribution >= 0.6 is 11.3 Å². The Morgan fingerprint density at radius 3 is 2.30 bits per heavy atom. The number of thiazole rings is 1. The van der Waals surface area contributed by atoms with Crippen LogP contribution in [-0.2, 0) is 11.3 Å². The zero-order valence-corrected chi connectivity index (χ0v) is 22.7. The van der Waals surface area contributed by atoms with Crippen molar-refractivity contribution in [3.8, 4) is 17.2 Å². The Morgan fingerprint density at radius 2 is 1.68 bits per heavy atom. The van der Waals surface area contributed by atoms with Crippen molar-refractivity contribution < 1.29 is 19.0 Å². The topological polar surface area (TPSA) is 82.0 Å². The number of rotatable bonds is 10. The van der Waals surface area contributed by atoms with Crippen molar-refractivity contribution in [2.45, 2.75) is 26.8 Å². The third kappa shape index (κ3) is 5.28. The summed E-state index contributed by atoms with van der Waals surface area (Å²) in [4.78, 5) is 29.1. The Bertz CT molecular complexity index is 1440. The molecule has 0 unspecified atom stereocenters. The number of para-hydroxylation sites is 1. The van der Waals surface area contributed by atoms with Gasteiger partial charge in [0.1, 0.15) is 4.66 Å². The first-order valence-corrected chi connectivity index (χ1v) is 13.2. The van der Waals surface area contributed by atoms with Crippen molar-refractivity contribution in [2.24, 2.45) is 0 Å². The summed E-state index contributed by atoms with van der Waals surface area (Å²) in [6.07, 6.45) is 2.60. The van der Waals surface area contributed by atoms with Crippen molar-refractivity contribution in [1.82, 2.24) is 9.47 Å². The van der Waals surface area contributed by atoms with Crippen molar-refractivity contribution in [1.29, 1.82) is 0 Å². The number of anilines is 1. The smallest absolute Gasteiger partial charge is 0.269 e. The minimum Gasteiger partial charge on any atom is -0.493 e. The molecule has 1 amide bonds. The van der Waals surface area contributed by atoms with Crippen LogP contribution in [0.4, 0.5) is 5.69 Å². The molecule has 0 saturated carbocycles. The number of nitrogens with one attached hydrogen (secondary N) is 1. The lowest BCUT2D eigenvalue weighted by molar-refractivity contribution is -0.110. The number of benzene rings is 2. The van der Waals surface area contributed by atoms with Crippen LogP contribution in [0.5, 0.6) is 17.2 Å². The van der Waals surface area contributed by atoms with Crippen LogP contribution in [0.1, 0.15) is 31.4 Å². The standard InChI is InChI=1S/C28H33N3O5S/c1-6-30(7-2)13-10-14-31-27(33)23(17-18-15-21(34-3)25(36-5)22(16-18)35-4)37-28(31)24-19-11-8-9-12-20(19)29-26(24)32/h8-9,11-12,15-17H,6-7,10,13-14H2,1-5H3,(H,29,32)/b23-17-,28-24+. The number of nitrogens with zero attached hydrogens (tertiary/aromatic N) is 2. The molecule has 2 heterocycles. The molecule has 0 bridgehead atoms. The summed E-state index contributed by atoms with van der Waals surface area (Å²) in [5, 5.41) is 2.94. The third-order valence-electron chi connectivity index (χ3n) is 6.53. The van der Waals surface area contributed by atoms with Crippen LogP contribution in [0.25, 0.3) is 11.6 Å². The number of carbonyl (C=O) groups is 1. The van der Waals surface area contributed by atoms with Crippen molar-refractivity contribution in [3.05, 3.63) is 67.1 Å². The predicted molar refractivity (Wildman–Crippen MR) is 147 cm³/mol. The van der Waals surface area contributed by atoms with Crippen LogP contribution < -0.4 is 34.3 Å². The molecule has 9 heteroatoms. The Balaban J connectivity index is 1.90. The highest BCUT2D eigenvalue weighted by Gasteiger charge is 2.26. The van der Waals surface area contributed by atoms with Gasteiger partial charge in [0.15, 0.2) is 11.5 Å². The second-order valence-corrected chi connectivity index (χ2v) is 9.62. The molecule has 1 aromatic heterocycles. The average molecular weight is 524 g/mol. The second-order valence-electron chi connectivity index (χ2n) is 8.59. The molecule has 0 atom stereocenters. The lowest BCUT2D eigenvalue weighted by Crippen LogP contribution is -2.34. The summed E-state index contributed by atoms with van der Waals surface area (Å²) in [6.45, 7) is 7.56. The maximum atomic E-state index is 13.7. The van der Waals surface area contributed by atoms with E-state index in [0.29, 0.717) is 38.6 Å². The molecule has 37 heavy (non-hydrogen) atoms. The highest BCUT2D eigenvalue weighted by molar-refractivity contribution is 7.07. The Morgan fingerprint density at radius 1 is 1.00 bits per heavy atom. The van der Waals surface area contributed by atoms with Crippen LogP contribution in [0.3, 0.4) is 0 Å². The van der Waals surface area contributed by atoms with Crippen molar-refractivity contribution in [2.75, 3.05) is 46.3 Å². The third-order valence-corrected chi connectivity index (χ3v) is 7.66. The van der Waals surface area contributed by atoms with E-state index in [2.05, 4.69) is 24.1 Å². The summed E-state index contributed by atoms with van der Waals surface area (Å²) >= 11 is 1.32. The molecule has 3 aromatic rings. The quantitative estimate of drug-likeness (QED) is 0.440. The fraction of sp³-hybridized carbons (Fsp3) is 0.357. The van der Waals surface area contributed by atoms with E-state index in [4.69, 9.17) is 14.2 Å². The molecule has 4 rings (SSSR count). The minimum absolute atomic E-state index is 0.127. The maximum Gasteiger partial charge on any atom is 0.269 e. The number of hydrogen-bond donors (Lipinski definition) is 1. The first-order valence-electron chi connectivity index (χ1n) is 12.3. The molecule has 1 aliphatic rings. The van der Waals surface area contributed by atoms with Gasteiger partial charge in [-0.05, 0) is 55.9 Å². The van der Waals surface area contributed by atoms with Crippen molar-refractivity contribution in [3.63, 3.8) is 0 Å². The van der Waals surface area contributed by atoms with Gasteiger partial charge in [0.25, 0.3) is 11.5 Å². The highest BCUT2D eigenvalue weighted by atomic mass is 32.1. The van der Waals surface area contributed by atoms with Gasteiger partial charge in [-0.3, -0.25) is 14.2 Å². The highest BCUT2D eigenvalue weighted by Crippen LogP contribution is 2.38. The van der Waals surface area contributed by atoms with Crippen LogP contribution in [-0.4, -0.2) is 56.3 Å². The van der Waals surface area contributed by atoms with E-state index < -0.39 is 0 Å². The maximum absolute atomic E-state index is 13.7. The lowest BCUT2D eigenvalue weighted by atomic mass is 10.1. The Labute approximate surface area is 220 Å². The van der Waals surface area contributed by atoms with Crippen LogP contribution in [0.2, 0.25) is 0 Å². The van der Waals surface area contributed by atoms with E-state index in [1.165, 1.54) is 11.3 Å². The SMILES string of the molecule is CCN(CC)CCCn1c(=O)/c(=C/c2cc(OC)c(OC)c(OC)c2)s/c1=C1/C(=O)Nc2ccccc21. The molecular weight excluding hydrogens is 490 g/mol. The molecule has 0 spiro atoms. The van der Waals surface area contributed by atoms with Gasteiger partial charge in [-0.15, -0.1) is 11.3 Å². The van der Waals surface area contributed by atoms with E-state index in [1.54, 1.807) is 44.1 Å². The zero-order valence-electron chi connectivity index (χ0n) is 21.9. The molecule has 0 fully saturated rings. The van der Waals surface area contributed by atoms with Gasteiger partial charge in [-0.1, -0.05) is 32.0 Å². The fourth-order valence-electron chi connectivity index (χ4n) is 4.57. The summed E-state index contributed by atoms with van der Waals surface area (Å²) in [5.41, 5.74) is 2.71. The largest absolute Gasteiger partial charge is 0.493 e. The predicted octanol–water partition coefficient (Wildman–Crippen LogP) is 2.65.